The Bertz CT molecular complexity index is 1000. The molecule has 4 bridgehead atoms. The van der Waals surface area contributed by atoms with Gasteiger partial charge < -0.3 is 23.3 Å². The lowest BCUT2D eigenvalue weighted by atomic mass is 9.68. The molecule has 42 heavy (non-hydrogen) atoms. The molecule has 2 atom stereocenters. The van der Waals surface area contributed by atoms with Crippen LogP contribution in [0.3, 0.4) is 0 Å². The Kier molecular flexibility index (Phi) is 22.7. The molecule has 5 rings (SSSR count). The third kappa shape index (κ3) is 22.1. The van der Waals surface area contributed by atoms with Crippen molar-refractivity contribution in [3.05, 3.63) is 36.4 Å². The first kappa shape index (κ1) is 41.6. The van der Waals surface area contributed by atoms with E-state index in [1.807, 2.05) is 64.1 Å². The van der Waals surface area contributed by atoms with Gasteiger partial charge in [0.2, 0.25) is 0 Å². The highest BCUT2D eigenvalue weighted by Crippen LogP contribution is 2.46. The summed E-state index contributed by atoms with van der Waals surface area (Å²) in [5.74, 6) is -2.19. The molecule has 0 amide bonds. The van der Waals surface area contributed by atoms with Crippen LogP contribution in [0.1, 0.15) is 73.6 Å². The van der Waals surface area contributed by atoms with Crippen LogP contribution in [-0.4, -0.2) is 74.7 Å². The number of esters is 3. The van der Waals surface area contributed by atoms with Crippen molar-refractivity contribution in [3.63, 3.8) is 0 Å². The monoisotopic (exact) mass is 638 g/mol. The van der Waals surface area contributed by atoms with Gasteiger partial charge in [0.25, 0.3) is 0 Å². The second kappa shape index (κ2) is 23.0. The zero-order valence-corrected chi connectivity index (χ0v) is 27.0. The Hall–Kier alpha value is -2.55. The van der Waals surface area contributed by atoms with E-state index in [0.29, 0.717) is 0 Å². The summed E-state index contributed by atoms with van der Waals surface area (Å²) in [6, 6.07) is 12.0. The number of ether oxygens (including phenoxy) is 3. The molecule has 2 aliphatic carbocycles. The first-order valence-electron chi connectivity index (χ1n) is 14.1. The van der Waals surface area contributed by atoms with Crippen LogP contribution in [0, 0.1) is 17.8 Å². The predicted octanol–water partition coefficient (Wildman–Crippen LogP) is 3.67. The minimum Gasteiger partial charge on any atom is -0.748 e. The van der Waals surface area contributed by atoms with Crippen molar-refractivity contribution in [2.24, 2.45) is 17.8 Å². The molecule has 1 aromatic rings. The minimum atomic E-state index is -4.47. The van der Waals surface area contributed by atoms with Crippen molar-refractivity contribution in [1.29, 1.82) is 0 Å². The average molecular weight is 639 g/mol. The van der Waals surface area contributed by atoms with Crippen molar-refractivity contribution < 1.29 is 54.5 Å². The van der Waals surface area contributed by atoms with Crippen molar-refractivity contribution in [3.8, 4) is 0 Å². The summed E-state index contributed by atoms with van der Waals surface area (Å²) < 4.78 is 73.0. The highest BCUT2D eigenvalue weighted by Gasteiger charge is 2.44. The van der Waals surface area contributed by atoms with Crippen LogP contribution in [-0.2, 0) is 48.8 Å². The highest BCUT2D eigenvalue weighted by atomic mass is 32.2. The van der Waals surface area contributed by atoms with E-state index in [1.165, 1.54) is 20.3 Å². The van der Waals surface area contributed by atoms with Crippen LogP contribution in [0.4, 0.5) is 0 Å². The molecule has 12 nitrogen and oxygen atoms in total. The van der Waals surface area contributed by atoms with Crippen molar-refractivity contribution in [2.45, 2.75) is 79.8 Å². The molecule has 0 aromatic heterocycles. The molecule has 0 N–H and O–H groups in total. The molecule has 14 heteroatoms. The number of fused-ring (bicyclic) bond motifs is 1. The van der Waals surface area contributed by atoms with Gasteiger partial charge in [0.15, 0.2) is 0 Å². The van der Waals surface area contributed by atoms with Gasteiger partial charge >= 0.3 is 17.9 Å². The van der Waals surface area contributed by atoms with E-state index in [9.17, 15) is 40.3 Å². The molecule has 2 saturated heterocycles. The molecule has 2 unspecified atom stereocenters. The fourth-order valence-electron chi connectivity index (χ4n) is 4.42. The molecule has 4 fully saturated rings. The van der Waals surface area contributed by atoms with Gasteiger partial charge in [-0.15, -0.1) is 0 Å². The molecular weight excluding hydrogens is 592 g/mol. The molecule has 244 valence electrons. The Morgan fingerprint density at radius 2 is 1.05 bits per heavy atom. The maximum Gasteiger partial charge on any atom is 0.319 e. The molecular formula is C28H46O12S2-2. The lowest BCUT2D eigenvalue weighted by molar-refractivity contribution is -0.151. The lowest BCUT2D eigenvalue weighted by Crippen LogP contribution is -2.29. The molecule has 0 radical (unpaired) electrons. The Morgan fingerprint density at radius 3 is 1.33 bits per heavy atom. The van der Waals surface area contributed by atoms with Crippen molar-refractivity contribution in [2.75, 3.05) is 24.7 Å². The number of benzene rings is 1. The van der Waals surface area contributed by atoms with E-state index in [4.69, 9.17) is 4.74 Å². The zero-order chi connectivity index (χ0) is 32.8. The Balaban J connectivity index is 0. The highest BCUT2D eigenvalue weighted by molar-refractivity contribution is 7.86. The zero-order valence-electron chi connectivity index (χ0n) is 25.4. The van der Waals surface area contributed by atoms with E-state index in [1.54, 1.807) is 0 Å². The van der Waals surface area contributed by atoms with Crippen molar-refractivity contribution in [1.82, 2.24) is 0 Å². The van der Waals surface area contributed by atoms with Crippen LogP contribution in [0.5, 0.6) is 0 Å². The summed E-state index contributed by atoms with van der Waals surface area (Å²) in [6.45, 7) is 11.2. The first-order chi connectivity index (χ1) is 19.7. The van der Waals surface area contributed by atoms with E-state index in [0.717, 1.165) is 37.5 Å². The van der Waals surface area contributed by atoms with Crippen LogP contribution in [0.25, 0.3) is 0 Å². The van der Waals surface area contributed by atoms with Crippen LogP contribution in [0.2, 0.25) is 0 Å². The quantitative estimate of drug-likeness (QED) is 0.250. The maximum absolute atomic E-state index is 11.4. The van der Waals surface area contributed by atoms with Gasteiger partial charge in [-0.05, 0) is 57.8 Å². The van der Waals surface area contributed by atoms with Gasteiger partial charge in [-0.3, -0.25) is 14.4 Å². The number of carbonyl (C=O) groups is 3. The van der Waals surface area contributed by atoms with E-state index in [-0.39, 0.29) is 31.2 Å². The van der Waals surface area contributed by atoms with Gasteiger partial charge in [-0.25, -0.2) is 16.8 Å². The largest absolute Gasteiger partial charge is 0.748 e. The molecule has 2 aliphatic heterocycles. The van der Waals surface area contributed by atoms with Gasteiger partial charge in [-0.1, -0.05) is 64.1 Å². The maximum atomic E-state index is 11.4. The molecule has 2 heterocycles. The summed E-state index contributed by atoms with van der Waals surface area (Å²) in [5, 5.41) is 0. The Morgan fingerprint density at radius 1 is 0.714 bits per heavy atom. The summed E-state index contributed by atoms with van der Waals surface area (Å²) in [6.07, 6.45) is 6.19. The van der Waals surface area contributed by atoms with Crippen LogP contribution in [0.15, 0.2) is 36.4 Å². The smallest absolute Gasteiger partial charge is 0.319 e. The van der Waals surface area contributed by atoms with Crippen LogP contribution < -0.4 is 0 Å². The summed E-state index contributed by atoms with van der Waals surface area (Å²) in [4.78, 5) is 32.0. The fraction of sp³-hybridized carbons (Fsp3) is 0.679. The third-order valence-electron chi connectivity index (χ3n) is 5.58. The average Bonchev–Trinajstić information content (AvgIpc) is 3.08. The Labute approximate surface area is 251 Å². The summed E-state index contributed by atoms with van der Waals surface area (Å²) >= 11 is 0. The molecule has 2 saturated carbocycles. The second-order valence-electron chi connectivity index (χ2n) is 8.84. The number of rotatable bonds is 6. The van der Waals surface area contributed by atoms with Gasteiger partial charge in [0, 0.05) is 0 Å². The fourth-order valence-corrected chi connectivity index (χ4v) is 5.16. The van der Waals surface area contributed by atoms with E-state index >= 15 is 0 Å². The summed E-state index contributed by atoms with van der Waals surface area (Å²) in [7, 11) is -8.94. The summed E-state index contributed by atoms with van der Waals surface area (Å²) in [5.41, 5.74) is 0. The number of carbonyl (C=O) groups excluding carboxylic acids is 3. The molecule has 4 aliphatic rings. The van der Waals surface area contributed by atoms with E-state index in [2.05, 4.69) is 9.47 Å². The van der Waals surface area contributed by atoms with Gasteiger partial charge in [-0.2, -0.15) is 0 Å². The molecule has 1 aromatic carbocycles. The normalized spacial score (nSPS) is 21.1. The predicted molar refractivity (Wildman–Crippen MR) is 155 cm³/mol. The SMILES string of the molecule is CC.CC.CCOC(=O)CS(=O)(=O)[O-].CCOC(=O)CS(=O)(=O)[O-].O=C1OC2CC3CC(C2)CC1C3.c1ccccc1. The second-order valence-corrected chi connectivity index (χ2v) is 11.6. The van der Waals surface area contributed by atoms with Crippen LogP contribution >= 0.6 is 0 Å². The van der Waals surface area contributed by atoms with E-state index < -0.39 is 43.7 Å². The van der Waals surface area contributed by atoms with Crippen molar-refractivity contribution >= 4 is 38.1 Å². The van der Waals surface area contributed by atoms with Gasteiger partial charge in [0.05, 0.1) is 19.1 Å². The lowest BCUT2D eigenvalue weighted by Gasteiger charge is -2.35. The minimum absolute atomic E-state index is 0.0777. The third-order valence-corrected chi connectivity index (χ3v) is 6.76. The number of hydrogen-bond acceptors (Lipinski definition) is 12. The first-order valence-corrected chi connectivity index (χ1v) is 17.3. The number of hydrogen-bond donors (Lipinski definition) is 0. The topological polar surface area (TPSA) is 193 Å². The standard InChI is InChI=1S/C10H14O2.C6H6.2C4H8O5S.2C2H6/c11-10-8-2-6-1-7(3-8)5-9(4-6)12-10;1-2-4-6-5-3-1;2*1-2-9-4(5)3-10(6,7)8;2*1-2/h6-9H,1-5H2;1-6H;2*2-3H2,1H3,(H,6,7,8);2*1-2H3/p-2. The van der Waals surface area contributed by atoms with Gasteiger partial charge in [0.1, 0.15) is 37.8 Å². The molecule has 0 spiro atoms.